The third-order valence-electron chi connectivity index (χ3n) is 3.87. The van der Waals surface area contributed by atoms with E-state index < -0.39 is 23.3 Å². The number of ether oxygens (including phenoxy) is 1. The van der Waals surface area contributed by atoms with Crippen molar-refractivity contribution in [2.24, 2.45) is 0 Å². The second-order valence-corrected chi connectivity index (χ2v) is 5.83. The Hall–Kier alpha value is -4.45. The number of aliphatic hydroxyl groups excluding tert-OH is 1. The highest BCUT2D eigenvalue weighted by Crippen LogP contribution is 2.19. The molecular weight excluding hydrogens is 376 g/mol. The van der Waals surface area contributed by atoms with E-state index in [1.807, 2.05) is 6.07 Å². The molecule has 0 atom stereocenters. The molecule has 0 spiro atoms. The van der Waals surface area contributed by atoms with E-state index in [9.17, 15) is 25.3 Å². The Balaban J connectivity index is 1.68. The molecule has 2 N–H and O–H groups in total. The van der Waals surface area contributed by atoms with Crippen LogP contribution in [0.4, 0.5) is 5.69 Å². The van der Waals surface area contributed by atoms with Gasteiger partial charge in [0.05, 0.1) is 16.0 Å². The number of para-hydroxylation sites is 2. The summed E-state index contributed by atoms with van der Waals surface area (Å²) in [4.78, 5) is 29.2. The van der Waals surface area contributed by atoms with Crippen LogP contribution in [0.3, 0.4) is 0 Å². The standard InChI is InChI=1S/C20H14N4O5/c21-11-15(20-22-16-6-1-2-7-17(16)23-20)18(25)12-29-19(26)9-8-13-4-3-5-14(10-13)24(27)28/h1-10,25H,12H2,(H,22,23)/b9-8+,18-15-. The van der Waals surface area contributed by atoms with Gasteiger partial charge in [0.1, 0.15) is 18.2 Å². The number of hydrogen-bond donors (Lipinski definition) is 2. The van der Waals surface area contributed by atoms with E-state index >= 15 is 0 Å². The lowest BCUT2D eigenvalue weighted by atomic mass is 10.2. The smallest absolute Gasteiger partial charge is 0.331 e. The third kappa shape index (κ3) is 4.64. The number of aromatic amines is 1. The second-order valence-electron chi connectivity index (χ2n) is 5.83. The van der Waals surface area contributed by atoms with Gasteiger partial charge in [-0.25, -0.2) is 9.78 Å². The molecule has 3 aromatic rings. The number of carbonyl (C=O) groups excluding carboxylic acids is 1. The Morgan fingerprint density at radius 2 is 2.10 bits per heavy atom. The quantitative estimate of drug-likeness (QED) is 0.164. The van der Waals surface area contributed by atoms with Crippen molar-refractivity contribution in [3.63, 3.8) is 0 Å². The van der Waals surface area contributed by atoms with E-state index in [4.69, 9.17) is 4.74 Å². The van der Waals surface area contributed by atoms with E-state index in [1.54, 1.807) is 30.3 Å². The summed E-state index contributed by atoms with van der Waals surface area (Å²) < 4.78 is 4.92. The van der Waals surface area contributed by atoms with Gasteiger partial charge in [0.25, 0.3) is 5.69 Å². The summed E-state index contributed by atoms with van der Waals surface area (Å²) >= 11 is 0. The minimum Gasteiger partial charge on any atom is -0.507 e. The molecule has 144 valence electrons. The van der Waals surface area contributed by atoms with Crippen molar-refractivity contribution >= 4 is 34.3 Å². The summed E-state index contributed by atoms with van der Waals surface area (Å²) in [7, 11) is 0. The summed E-state index contributed by atoms with van der Waals surface area (Å²) in [5, 5.41) is 30.2. The lowest BCUT2D eigenvalue weighted by Gasteiger charge is -2.03. The van der Waals surface area contributed by atoms with E-state index in [2.05, 4.69) is 9.97 Å². The van der Waals surface area contributed by atoms with Crippen LogP contribution in [0.15, 0.2) is 60.4 Å². The van der Waals surface area contributed by atoms with Crippen LogP contribution in [0.2, 0.25) is 0 Å². The average molecular weight is 390 g/mol. The maximum atomic E-state index is 11.8. The molecule has 0 saturated heterocycles. The molecule has 1 aromatic heterocycles. The Morgan fingerprint density at radius 1 is 1.31 bits per heavy atom. The number of rotatable bonds is 6. The topological polar surface area (TPSA) is 142 Å². The molecule has 9 nitrogen and oxygen atoms in total. The predicted octanol–water partition coefficient (Wildman–Crippen LogP) is 3.52. The minimum absolute atomic E-state index is 0.106. The van der Waals surface area contributed by atoms with Gasteiger partial charge in [0.15, 0.2) is 11.6 Å². The van der Waals surface area contributed by atoms with Gasteiger partial charge in [-0.05, 0) is 23.8 Å². The molecule has 0 aliphatic heterocycles. The number of aromatic nitrogens is 2. The molecule has 0 aliphatic carbocycles. The molecule has 0 unspecified atom stereocenters. The highest BCUT2D eigenvalue weighted by molar-refractivity contribution is 5.87. The number of nitro benzene ring substituents is 1. The summed E-state index contributed by atoms with van der Waals surface area (Å²) in [5.41, 5.74) is 1.51. The van der Waals surface area contributed by atoms with E-state index in [0.717, 1.165) is 6.08 Å². The zero-order valence-electron chi connectivity index (χ0n) is 14.9. The number of aliphatic hydroxyl groups is 1. The van der Waals surface area contributed by atoms with Gasteiger partial charge in [-0.1, -0.05) is 24.3 Å². The Kier molecular flexibility index (Phi) is 5.66. The van der Waals surface area contributed by atoms with Crippen LogP contribution in [-0.2, 0) is 9.53 Å². The predicted molar refractivity (Wildman–Crippen MR) is 104 cm³/mol. The molecule has 2 aromatic carbocycles. The summed E-state index contributed by atoms with van der Waals surface area (Å²) in [5.74, 6) is -1.08. The third-order valence-corrected chi connectivity index (χ3v) is 3.87. The van der Waals surface area contributed by atoms with Crippen molar-refractivity contribution in [2.75, 3.05) is 6.61 Å². The molecule has 0 radical (unpaired) electrons. The molecule has 0 fully saturated rings. The fraction of sp³-hybridized carbons (Fsp3) is 0.0500. The summed E-state index contributed by atoms with van der Waals surface area (Å²) in [6.45, 7) is -0.530. The zero-order valence-corrected chi connectivity index (χ0v) is 14.9. The fourth-order valence-electron chi connectivity index (χ4n) is 2.49. The Bertz CT molecular complexity index is 1150. The fourth-order valence-corrected chi connectivity index (χ4v) is 2.49. The Morgan fingerprint density at radius 3 is 2.83 bits per heavy atom. The number of hydrogen-bond acceptors (Lipinski definition) is 7. The molecule has 0 saturated carbocycles. The number of carbonyl (C=O) groups is 1. The largest absolute Gasteiger partial charge is 0.507 e. The summed E-state index contributed by atoms with van der Waals surface area (Å²) in [6, 6.07) is 14.7. The molecule has 0 bridgehead atoms. The van der Waals surface area contributed by atoms with Gasteiger partial charge in [0.2, 0.25) is 0 Å². The van der Waals surface area contributed by atoms with Crippen molar-refractivity contribution in [2.45, 2.75) is 0 Å². The number of H-pyrrole nitrogens is 1. The van der Waals surface area contributed by atoms with E-state index in [0.29, 0.717) is 16.6 Å². The second kappa shape index (κ2) is 8.49. The number of nitro groups is 1. The number of nitriles is 1. The monoisotopic (exact) mass is 390 g/mol. The number of nitrogens with zero attached hydrogens (tertiary/aromatic N) is 3. The molecule has 1 heterocycles. The first-order chi connectivity index (χ1) is 14.0. The van der Waals surface area contributed by atoms with Gasteiger partial charge in [-0.2, -0.15) is 5.26 Å². The lowest BCUT2D eigenvalue weighted by Crippen LogP contribution is -2.06. The Labute approximate surface area is 164 Å². The van der Waals surface area contributed by atoms with Crippen LogP contribution in [0.1, 0.15) is 11.4 Å². The van der Waals surface area contributed by atoms with E-state index in [-0.39, 0.29) is 17.1 Å². The maximum Gasteiger partial charge on any atom is 0.331 e. The first kappa shape index (κ1) is 19.3. The number of allylic oxidation sites excluding steroid dienone is 1. The zero-order chi connectivity index (χ0) is 20.8. The van der Waals surface area contributed by atoms with Crippen LogP contribution >= 0.6 is 0 Å². The van der Waals surface area contributed by atoms with Crippen molar-refractivity contribution in [3.05, 3.63) is 81.9 Å². The van der Waals surface area contributed by atoms with Crippen LogP contribution in [0, 0.1) is 21.4 Å². The highest BCUT2D eigenvalue weighted by atomic mass is 16.6. The van der Waals surface area contributed by atoms with E-state index in [1.165, 1.54) is 24.3 Å². The minimum atomic E-state index is -0.787. The van der Waals surface area contributed by atoms with Gasteiger partial charge >= 0.3 is 5.97 Å². The van der Waals surface area contributed by atoms with Crippen molar-refractivity contribution in [3.8, 4) is 6.07 Å². The average Bonchev–Trinajstić information content (AvgIpc) is 3.15. The van der Waals surface area contributed by atoms with Crippen molar-refractivity contribution in [1.29, 1.82) is 5.26 Å². The molecule has 29 heavy (non-hydrogen) atoms. The maximum absolute atomic E-state index is 11.8. The van der Waals surface area contributed by atoms with Gasteiger partial charge in [-0.3, -0.25) is 10.1 Å². The van der Waals surface area contributed by atoms with Crippen molar-refractivity contribution in [1.82, 2.24) is 9.97 Å². The number of benzene rings is 2. The summed E-state index contributed by atoms with van der Waals surface area (Å²) in [6.07, 6.45) is 2.42. The van der Waals surface area contributed by atoms with Crippen LogP contribution in [-0.4, -0.2) is 32.6 Å². The molecule has 9 heteroatoms. The van der Waals surface area contributed by atoms with Gasteiger partial charge in [0, 0.05) is 18.2 Å². The first-order valence-electron chi connectivity index (χ1n) is 8.34. The molecular formula is C20H14N4O5. The number of imidazole rings is 1. The molecule has 0 amide bonds. The lowest BCUT2D eigenvalue weighted by molar-refractivity contribution is -0.384. The van der Waals surface area contributed by atoms with Crippen molar-refractivity contribution < 1.29 is 19.6 Å². The SMILES string of the molecule is N#C/C(=C(/O)COC(=O)/C=C/c1cccc([N+](=O)[O-])c1)c1nc2ccccc2[nH]1. The van der Waals surface area contributed by atoms with Crippen LogP contribution in [0.25, 0.3) is 22.7 Å². The number of non-ortho nitro benzene ring substituents is 1. The number of nitrogens with one attached hydrogen (secondary N) is 1. The molecule has 3 rings (SSSR count). The van der Waals surface area contributed by atoms with Crippen LogP contribution < -0.4 is 0 Å². The van der Waals surface area contributed by atoms with Gasteiger partial charge < -0.3 is 14.8 Å². The number of esters is 1. The normalized spacial score (nSPS) is 11.8. The molecule has 0 aliphatic rings. The highest BCUT2D eigenvalue weighted by Gasteiger charge is 2.14. The van der Waals surface area contributed by atoms with Crippen LogP contribution in [0.5, 0.6) is 0 Å². The van der Waals surface area contributed by atoms with Gasteiger partial charge in [-0.15, -0.1) is 0 Å². The first-order valence-corrected chi connectivity index (χ1v) is 8.34. The number of fused-ring (bicyclic) bond motifs is 1.